The number of nitrogens with one attached hydrogen (secondary N) is 1. The molecule has 1 heterocycles. The number of halogens is 1. The molecular weight excluding hydrogens is 328 g/mol. The average Bonchev–Trinajstić information content (AvgIpc) is 3.04. The normalized spacial score (nSPS) is 10.4. The number of hydrogen-bond acceptors (Lipinski definition) is 4. The Morgan fingerprint density at radius 1 is 1.17 bits per heavy atom. The predicted octanol–water partition coefficient (Wildman–Crippen LogP) is 4.05. The van der Waals surface area contributed by atoms with E-state index in [4.69, 9.17) is 16.1 Å². The Morgan fingerprint density at radius 2 is 1.88 bits per heavy atom. The number of carbonyl (C=O) groups excluding carboxylic acids is 1. The highest BCUT2D eigenvalue weighted by atomic mass is 35.5. The number of rotatable bonds is 4. The lowest BCUT2D eigenvalue weighted by Crippen LogP contribution is -2.30. The maximum Gasteiger partial charge on any atom is 0.322 e. The number of carbonyl (C=O) groups is 1. The summed E-state index contributed by atoms with van der Waals surface area (Å²) in [7, 11) is 1.65. The highest BCUT2D eigenvalue weighted by Crippen LogP contribution is 2.25. The maximum atomic E-state index is 12.2. The lowest BCUT2D eigenvalue weighted by atomic mass is 10.2. The van der Waals surface area contributed by atoms with E-state index >= 15 is 0 Å². The third kappa shape index (κ3) is 3.72. The summed E-state index contributed by atoms with van der Waals surface area (Å²) in [5.74, 6) is 0.725. The minimum absolute atomic E-state index is 0.191. The summed E-state index contributed by atoms with van der Waals surface area (Å²) in [6.07, 6.45) is 0. The number of amides is 2. The van der Waals surface area contributed by atoms with Gasteiger partial charge in [-0.25, -0.2) is 4.79 Å². The second kappa shape index (κ2) is 7.14. The second-order valence-corrected chi connectivity index (χ2v) is 5.55. The maximum absolute atomic E-state index is 12.2. The van der Waals surface area contributed by atoms with Crippen LogP contribution in [0.5, 0.6) is 0 Å². The Hall–Kier alpha value is -2.86. The van der Waals surface area contributed by atoms with E-state index in [9.17, 15) is 4.79 Å². The van der Waals surface area contributed by atoms with Crippen LogP contribution in [0.2, 0.25) is 5.02 Å². The minimum atomic E-state index is -0.265. The van der Waals surface area contributed by atoms with Crippen LogP contribution in [0.1, 0.15) is 5.89 Å². The van der Waals surface area contributed by atoms with Gasteiger partial charge in [0, 0.05) is 18.3 Å². The molecule has 0 aliphatic rings. The van der Waals surface area contributed by atoms with Crippen molar-refractivity contribution >= 4 is 23.3 Å². The molecule has 0 saturated heterocycles. The number of hydrogen-bond donors (Lipinski definition) is 1. The Labute approximate surface area is 144 Å². The molecule has 3 aromatic rings. The van der Waals surface area contributed by atoms with Gasteiger partial charge in [0.2, 0.25) is 11.7 Å². The number of anilines is 1. The van der Waals surface area contributed by atoms with Crippen molar-refractivity contribution in [1.82, 2.24) is 15.0 Å². The molecule has 0 saturated carbocycles. The van der Waals surface area contributed by atoms with Crippen molar-refractivity contribution in [2.45, 2.75) is 6.54 Å². The predicted molar refractivity (Wildman–Crippen MR) is 91.7 cm³/mol. The molecule has 0 fully saturated rings. The van der Waals surface area contributed by atoms with Crippen LogP contribution >= 0.6 is 11.6 Å². The molecule has 7 heteroatoms. The molecular formula is C17H15ClN4O2. The highest BCUT2D eigenvalue weighted by Gasteiger charge is 2.15. The first-order valence-electron chi connectivity index (χ1n) is 7.28. The fraction of sp³-hybridized carbons (Fsp3) is 0.118. The standard InChI is InChI=1S/C17H15ClN4O2/c1-22(17(23)19-12-7-3-2-4-8-12)11-15-20-16(21-24-15)13-9-5-6-10-14(13)18/h2-10H,11H2,1H3,(H,19,23). The van der Waals surface area contributed by atoms with Crippen LogP contribution in [0.25, 0.3) is 11.4 Å². The molecule has 2 aromatic carbocycles. The van der Waals surface area contributed by atoms with E-state index in [2.05, 4.69) is 15.5 Å². The molecule has 0 unspecified atom stereocenters. The smallest absolute Gasteiger partial charge is 0.322 e. The van der Waals surface area contributed by atoms with E-state index in [0.29, 0.717) is 22.3 Å². The quantitative estimate of drug-likeness (QED) is 0.776. The van der Waals surface area contributed by atoms with Crippen LogP contribution in [0.3, 0.4) is 0 Å². The number of nitrogens with zero attached hydrogens (tertiary/aromatic N) is 3. The van der Waals surface area contributed by atoms with Crippen LogP contribution in [0.4, 0.5) is 10.5 Å². The van der Waals surface area contributed by atoms with Crippen LogP contribution in [-0.2, 0) is 6.54 Å². The third-order valence-corrected chi connectivity index (χ3v) is 3.66. The van der Waals surface area contributed by atoms with Gasteiger partial charge in [0.25, 0.3) is 0 Å². The number of para-hydroxylation sites is 1. The summed E-state index contributed by atoms with van der Waals surface area (Å²) < 4.78 is 5.20. The van der Waals surface area contributed by atoms with Gasteiger partial charge in [-0.2, -0.15) is 4.98 Å². The molecule has 0 spiro atoms. The second-order valence-electron chi connectivity index (χ2n) is 5.14. The monoisotopic (exact) mass is 342 g/mol. The lowest BCUT2D eigenvalue weighted by Gasteiger charge is -2.15. The number of benzene rings is 2. The Morgan fingerprint density at radius 3 is 2.62 bits per heavy atom. The van der Waals surface area contributed by atoms with Gasteiger partial charge >= 0.3 is 6.03 Å². The Bertz CT molecular complexity index is 835. The topological polar surface area (TPSA) is 71.3 Å². The van der Waals surface area contributed by atoms with E-state index in [0.717, 1.165) is 5.69 Å². The van der Waals surface area contributed by atoms with Crippen LogP contribution in [-0.4, -0.2) is 28.1 Å². The molecule has 1 aromatic heterocycles. The first-order valence-corrected chi connectivity index (χ1v) is 7.66. The van der Waals surface area contributed by atoms with Crippen LogP contribution in [0, 0.1) is 0 Å². The summed E-state index contributed by atoms with van der Waals surface area (Å²) in [4.78, 5) is 17.9. The lowest BCUT2D eigenvalue weighted by molar-refractivity contribution is 0.213. The fourth-order valence-corrected chi connectivity index (χ4v) is 2.31. The van der Waals surface area contributed by atoms with Crippen molar-refractivity contribution in [3.63, 3.8) is 0 Å². The van der Waals surface area contributed by atoms with E-state index in [1.807, 2.05) is 48.5 Å². The number of urea groups is 1. The van der Waals surface area contributed by atoms with Crippen molar-refractivity contribution in [3.05, 3.63) is 65.5 Å². The zero-order chi connectivity index (χ0) is 16.9. The molecule has 0 aliphatic carbocycles. The summed E-state index contributed by atoms with van der Waals surface area (Å²) in [5, 5.41) is 7.24. The zero-order valence-electron chi connectivity index (χ0n) is 12.9. The van der Waals surface area contributed by atoms with Gasteiger partial charge in [-0.1, -0.05) is 47.1 Å². The van der Waals surface area contributed by atoms with Crippen molar-refractivity contribution in [2.24, 2.45) is 0 Å². The SMILES string of the molecule is CN(Cc1nc(-c2ccccc2Cl)no1)C(=O)Nc1ccccc1. The first-order chi connectivity index (χ1) is 11.6. The van der Waals surface area contributed by atoms with E-state index in [-0.39, 0.29) is 12.6 Å². The van der Waals surface area contributed by atoms with E-state index < -0.39 is 0 Å². The third-order valence-electron chi connectivity index (χ3n) is 3.33. The molecule has 0 radical (unpaired) electrons. The van der Waals surface area contributed by atoms with Gasteiger partial charge < -0.3 is 14.7 Å². The molecule has 0 atom stereocenters. The highest BCUT2D eigenvalue weighted by molar-refractivity contribution is 6.33. The number of aromatic nitrogens is 2. The van der Waals surface area contributed by atoms with Crippen molar-refractivity contribution in [1.29, 1.82) is 0 Å². The summed E-state index contributed by atoms with van der Waals surface area (Å²) >= 11 is 6.12. The van der Waals surface area contributed by atoms with Crippen molar-refractivity contribution < 1.29 is 9.32 Å². The van der Waals surface area contributed by atoms with Crippen LogP contribution < -0.4 is 5.32 Å². The molecule has 0 aliphatic heterocycles. The van der Waals surface area contributed by atoms with Gasteiger partial charge in [0.15, 0.2) is 0 Å². The Balaban J connectivity index is 1.66. The van der Waals surface area contributed by atoms with Gasteiger partial charge in [0.05, 0.1) is 5.02 Å². The molecule has 122 valence electrons. The van der Waals surface area contributed by atoms with Crippen molar-refractivity contribution in [3.8, 4) is 11.4 Å². The van der Waals surface area contributed by atoms with Crippen molar-refractivity contribution in [2.75, 3.05) is 12.4 Å². The zero-order valence-corrected chi connectivity index (χ0v) is 13.7. The Kier molecular flexibility index (Phi) is 4.77. The first kappa shape index (κ1) is 16.0. The molecule has 0 bridgehead atoms. The van der Waals surface area contributed by atoms with Gasteiger partial charge in [-0.05, 0) is 24.3 Å². The molecule has 1 N–H and O–H groups in total. The van der Waals surface area contributed by atoms with E-state index in [1.54, 1.807) is 13.1 Å². The molecule has 24 heavy (non-hydrogen) atoms. The minimum Gasteiger partial charge on any atom is -0.337 e. The molecule has 2 amide bonds. The van der Waals surface area contributed by atoms with Gasteiger partial charge in [0.1, 0.15) is 6.54 Å². The molecule has 6 nitrogen and oxygen atoms in total. The fourth-order valence-electron chi connectivity index (χ4n) is 2.09. The molecule has 3 rings (SSSR count). The van der Waals surface area contributed by atoms with E-state index in [1.165, 1.54) is 4.90 Å². The summed E-state index contributed by atoms with van der Waals surface area (Å²) in [5.41, 5.74) is 1.40. The summed E-state index contributed by atoms with van der Waals surface area (Å²) in [6, 6.07) is 16.2. The summed E-state index contributed by atoms with van der Waals surface area (Å²) in [6.45, 7) is 0.191. The van der Waals surface area contributed by atoms with Gasteiger partial charge in [-0.3, -0.25) is 0 Å². The largest absolute Gasteiger partial charge is 0.337 e. The average molecular weight is 343 g/mol. The van der Waals surface area contributed by atoms with Gasteiger partial charge in [-0.15, -0.1) is 0 Å². The van der Waals surface area contributed by atoms with Crippen LogP contribution in [0.15, 0.2) is 59.1 Å².